The summed E-state index contributed by atoms with van der Waals surface area (Å²) in [5.41, 5.74) is 1.28. The largest absolute Gasteiger partial charge is 0.460 e. The number of benzene rings is 2. The molecule has 0 saturated heterocycles. The smallest absolute Gasteiger partial charge is 0.310 e. The Morgan fingerprint density at radius 3 is 2.04 bits per heavy atom. The minimum Gasteiger partial charge on any atom is -0.460 e. The summed E-state index contributed by atoms with van der Waals surface area (Å²) in [6, 6.07) is 19.2. The average Bonchev–Trinajstić information content (AvgIpc) is 3.29. The van der Waals surface area contributed by atoms with Crippen LogP contribution in [0, 0.1) is 11.8 Å². The highest BCUT2D eigenvalue weighted by molar-refractivity contribution is 5.97. The van der Waals surface area contributed by atoms with Crippen LogP contribution in [0.25, 0.3) is 0 Å². The Bertz CT molecular complexity index is 744. The quantitative estimate of drug-likeness (QED) is 0.590. The first-order chi connectivity index (χ1) is 11.9. The zero-order valence-electron chi connectivity index (χ0n) is 14.9. The number of ether oxygens (including phenoxy) is 1. The predicted molar refractivity (Wildman–Crippen MR) is 97.4 cm³/mol. The van der Waals surface area contributed by atoms with Crippen molar-refractivity contribution in [3.63, 3.8) is 0 Å². The molecule has 0 spiro atoms. The maximum absolute atomic E-state index is 12.6. The number of rotatable bonds is 5. The topological polar surface area (TPSA) is 43.4 Å². The standard InChI is InChI=1S/C22H24O3/c1-22(2,3)25-21(24)20-17(19(20)16-12-8-5-9-13-16)14-18(23)15-10-6-4-7-11-15/h4-13,17,19-20H,14H2,1-3H3. The summed E-state index contributed by atoms with van der Waals surface area (Å²) in [7, 11) is 0. The lowest BCUT2D eigenvalue weighted by atomic mass is 10.0. The molecule has 25 heavy (non-hydrogen) atoms. The second-order valence-corrected chi connectivity index (χ2v) is 7.65. The van der Waals surface area contributed by atoms with Crippen LogP contribution in [0.2, 0.25) is 0 Å². The molecule has 130 valence electrons. The van der Waals surface area contributed by atoms with Gasteiger partial charge in [-0.25, -0.2) is 0 Å². The summed E-state index contributed by atoms with van der Waals surface area (Å²) in [4.78, 5) is 25.2. The van der Waals surface area contributed by atoms with Gasteiger partial charge in [0.15, 0.2) is 5.78 Å². The fraction of sp³-hybridized carbons (Fsp3) is 0.364. The molecule has 2 aromatic rings. The molecule has 3 atom stereocenters. The van der Waals surface area contributed by atoms with E-state index in [1.807, 2.05) is 81.4 Å². The van der Waals surface area contributed by atoms with E-state index in [9.17, 15) is 9.59 Å². The Balaban J connectivity index is 1.77. The van der Waals surface area contributed by atoms with Gasteiger partial charge in [-0.2, -0.15) is 0 Å². The molecule has 1 fully saturated rings. The molecule has 0 aromatic heterocycles. The molecule has 2 aromatic carbocycles. The highest BCUT2D eigenvalue weighted by Gasteiger charge is 2.57. The van der Waals surface area contributed by atoms with Crippen LogP contribution < -0.4 is 0 Å². The third-order valence-corrected chi connectivity index (χ3v) is 4.55. The van der Waals surface area contributed by atoms with Crippen LogP contribution in [0.1, 0.15) is 49.0 Å². The third-order valence-electron chi connectivity index (χ3n) is 4.55. The Hall–Kier alpha value is -2.42. The number of carbonyl (C=O) groups excluding carboxylic acids is 2. The molecular weight excluding hydrogens is 312 g/mol. The van der Waals surface area contributed by atoms with Crippen molar-refractivity contribution in [3.8, 4) is 0 Å². The van der Waals surface area contributed by atoms with Gasteiger partial charge >= 0.3 is 5.97 Å². The van der Waals surface area contributed by atoms with E-state index in [1.54, 1.807) is 0 Å². The first-order valence-electron chi connectivity index (χ1n) is 8.73. The molecule has 0 amide bonds. The third kappa shape index (κ3) is 4.16. The number of ketones is 1. The van der Waals surface area contributed by atoms with Crippen LogP contribution in [-0.2, 0) is 9.53 Å². The highest BCUT2D eigenvalue weighted by Crippen LogP contribution is 2.57. The lowest BCUT2D eigenvalue weighted by Gasteiger charge is -2.19. The molecule has 3 rings (SSSR count). The van der Waals surface area contributed by atoms with Crippen molar-refractivity contribution in [1.82, 2.24) is 0 Å². The van der Waals surface area contributed by atoms with Gasteiger partial charge in [0, 0.05) is 17.9 Å². The molecule has 0 heterocycles. The van der Waals surface area contributed by atoms with Crippen molar-refractivity contribution in [2.75, 3.05) is 0 Å². The van der Waals surface area contributed by atoms with E-state index in [1.165, 1.54) is 0 Å². The van der Waals surface area contributed by atoms with Gasteiger partial charge in [-0.05, 0) is 32.3 Å². The van der Waals surface area contributed by atoms with E-state index in [-0.39, 0.29) is 29.5 Å². The second kappa shape index (κ2) is 6.83. The first-order valence-corrected chi connectivity index (χ1v) is 8.73. The summed E-state index contributed by atoms with van der Waals surface area (Å²) in [5.74, 6) is -0.298. The van der Waals surface area contributed by atoms with E-state index < -0.39 is 5.60 Å². The SMILES string of the molecule is CC(C)(C)OC(=O)C1C(CC(=O)c2ccccc2)C1c1ccccc1. The van der Waals surface area contributed by atoms with E-state index in [4.69, 9.17) is 4.74 Å². The Morgan fingerprint density at radius 1 is 0.920 bits per heavy atom. The normalized spacial score (nSPS) is 22.3. The predicted octanol–water partition coefficient (Wildman–Crippen LogP) is 4.63. The van der Waals surface area contributed by atoms with Crippen molar-refractivity contribution in [2.24, 2.45) is 11.8 Å². The number of hydrogen-bond donors (Lipinski definition) is 0. The molecule has 3 unspecified atom stereocenters. The zero-order chi connectivity index (χ0) is 18.0. The lowest BCUT2D eigenvalue weighted by molar-refractivity contribution is -0.157. The second-order valence-electron chi connectivity index (χ2n) is 7.65. The number of carbonyl (C=O) groups is 2. The molecule has 1 aliphatic carbocycles. The summed E-state index contributed by atoms with van der Waals surface area (Å²) in [6.07, 6.45) is 0.369. The van der Waals surface area contributed by atoms with E-state index >= 15 is 0 Å². The van der Waals surface area contributed by atoms with Gasteiger partial charge in [0.2, 0.25) is 0 Å². The van der Waals surface area contributed by atoms with Crippen LogP contribution in [0.4, 0.5) is 0 Å². The van der Waals surface area contributed by atoms with Crippen molar-refractivity contribution < 1.29 is 14.3 Å². The zero-order valence-corrected chi connectivity index (χ0v) is 14.9. The van der Waals surface area contributed by atoms with E-state index in [2.05, 4.69) is 0 Å². The first kappa shape index (κ1) is 17.4. The van der Waals surface area contributed by atoms with Gasteiger partial charge in [-0.15, -0.1) is 0 Å². The molecule has 0 aliphatic heterocycles. The fourth-order valence-corrected chi connectivity index (χ4v) is 3.40. The summed E-state index contributed by atoms with van der Waals surface area (Å²) < 4.78 is 5.58. The van der Waals surface area contributed by atoms with Crippen LogP contribution in [0.5, 0.6) is 0 Å². The van der Waals surface area contributed by atoms with Gasteiger partial charge < -0.3 is 4.74 Å². The molecule has 0 bridgehead atoms. The Kier molecular flexibility index (Phi) is 4.76. The summed E-state index contributed by atoms with van der Waals surface area (Å²) >= 11 is 0. The average molecular weight is 336 g/mol. The van der Waals surface area contributed by atoms with Crippen molar-refractivity contribution >= 4 is 11.8 Å². The highest BCUT2D eigenvalue weighted by atomic mass is 16.6. The minimum absolute atomic E-state index is 0.00459. The van der Waals surface area contributed by atoms with Gasteiger partial charge in [-0.3, -0.25) is 9.59 Å². The lowest BCUT2D eigenvalue weighted by Crippen LogP contribution is -2.25. The van der Waals surface area contributed by atoms with Crippen molar-refractivity contribution in [3.05, 3.63) is 71.8 Å². The van der Waals surface area contributed by atoms with Crippen molar-refractivity contribution in [1.29, 1.82) is 0 Å². The van der Waals surface area contributed by atoms with E-state index in [0.29, 0.717) is 12.0 Å². The maximum Gasteiger partial charge on any atom is 0.310 e. The van der Waals surface area contributed by atoms with Crippen LogP contribution >= 0.6 is 0 Å². The molecule has 3 heteroatoms. The van der Waals surface area contributed by atoms with Crippen LogP contribution in [0.15, 0.2) is 60.7 Å². The summed E-state index contributed by atoms with van der Waals surface area (Å²) in [6.45, 7) is 5.61. The Labute approximate surface area is 149 Å². The number of esters is 1. The fourth-order valence-electron chi connectivity index (χ4n) is 3.40. The molecule has 1 aliphatic rings. The van der Waals surface area contributed by atoms with Gasteiger partial charge in [0.1, 0.15) is 5.60 Å². The van der Waals surface area contributed by atoms with E-state index in [0.717, 1.165) is 5.56 Å². The van der Waals surface area contributed by atoms with Gasteiger partial charge in [-0.1, -0.05) is 60.7 Å². The monoisotopic (exact) mass is 336 g/mol. The minimum atomic E-state index is -0.519. The van der Waals surface area contributed by atoms with Crippen LogP contribution in [0.3, 0.4) is 0 Å². The molecule has 0 radical (unpaired) electrons. The van der Waals surface area contributed by atoms with Crippen molar-refractivity contribution in [2.45, 2.75) is 38.7 Å². The molecule has 3 nitrogen and oxygen atoms in total. The summed E-state index contributed by atoms with van der Waals surface area (Å²) in [5, 5.41) is 0. The Morgan fingerprint density at radius 2 is 1.48 bits per heavy atom. The molecular formula is C22H24O3. The molecule has 1 saturated carbocycles. The number of Topliss-reactive ketones (excluding diaryl/α,β-unsaturated/α-hetero) is 1. The maximum atomic E-state index is 12.6. The number of hydrogen-bond acceptors (Lipinski definition) is 3. The van der Waals surface area contributed by atoms with Gasteiger partial charge in [0.05, 0.1) is 5.92 Å². The molecule has 0 N–H and O–H groups in total. The van der Waals surface area contributed by atoms with Gasteiger partial charge in [0.25, 0.3) is 0 Å². The van der Waals surface area contributed by atoms with Crippen LogP contribution in [-0.4, -0.2) is 17.4 Å².